The van der Waals surface area contributed by atoms with Gasteiger partial charge in [0.2, 0.25) is 11.8 Å². The van der Waals surface area contributed by atoms with Crippen molar-refractivity contribution in [3.8, 4) is 17.0 Å². The zero-order valence-electron chi connectivity index (χ0n) is 21.2. The number of hydrogen-bond donors (Lipinski definition) is 1. The Bertz CT molecular complexity index is 1430. The van der Waals surface area contributed by atoms with E-state index >= 15 is 0 Å². The van der Waals surface area contributed by atoms with Crippen LogP contribution in [0, 0.1) is 5.82 Å². The Morgan fingerprint density at radius 3 is 2.57 bits per heavy atom. The van der Waals surface area contributed by atoms with Crippen LogP contribution < -0.4 is 9.46 Å². The van der Waals surface area contributed by atoms with Crippen LogP contribution in [-0.2, 0) is 43.4 Å². The fourth-order valence-corrected chi connectivity index (χ4v) is 5.34. The van der Waals surface area contributed by atoms with E-state index in [9.17, 15) is 17.6 Å². The summed E-state index contributed by atoms with van der Waals surface area (Å²) in [5, 5.41) is 3.77. The molecule has 0 atom stereocenters. The molecule has 0 radical (unpaired) electrons. The van der Waals surface area contributed by atoms with Gasteiger partial charge in [-0.2, -0.15) is 13.5 Å². The lowest BCUT2D eigenvalue weighted by molar-refractivity contribution is -0.206. The number of ether oxygens (including phenoxy) is 3. The smallest absolute Gasteiger partial charge is 0.283 e. The van der Waals surface area contributed by atoms with E-state index in [-0.39, 0.29) is 30.6 Å². The van der Waals surface area contributed by atoms with Gasteiger partial charge in [0.25, 0.3) is 10.0 Å². The zero-order chi connectivity index (χ0) is 27.0. The standard InChI is InChI=1S/C25H29FN4O6S/c1-15(2)18-9-17(26)10-19(16-6-7-27-23(8-16)34-4)20(18)11-22(31)29-37(32,33)24-12-21(30(3)28-24)25(35-5)13-36-14-25/h6-10,12,15H,11,13-14H2,1-5H3,(H,29,31). The van der Waals surface area contributed by atoms with E-state index in [0.717, 1.165) is 0 Å². The van der Waals surface area contributed by atoms with Crippen LogP contribution in [-0.4, -0.2) is 56.5 Å². The third-order valence-corrected chi connectivity index (χ3v) is 7.62. The van der Waals surface area contributed by atoms with Crippen molar-refractivity contribution in [2.75, 3.05) is 27.4 Å². The van der Waals surface area contributed by atoms with E-state index in [1.165, 1.54) is 43.3 Å². The summed E-state index contributed by atoms with van der Waals surface area (Å²) in [6.07, 6.45) is 1.21. The number of rotatable bonds is 9. The maximum absolute atomic E-state index is 14.6. The van der Waals surface area contributed by atoms with Gasteiger partial charge in [-0.25, -0.2) is 14.1 Å². The number of aryl methyl sites for hydroxylation is 1. The van der Waals surface area contributed by atoms with Gasteiger partial charge in [-0.15, -0.1) is 0 Å². The number of carbonyl (C=O) groups is 1. The highest BCUT2D eigenvalue weighted by Gasteiger charge is 2.44. The van der Waals surface area contributed by atoms with Crippen molar-refractivity contribution in [2.24, 2.45) is 7.05 Å². The second-order valence-electron chi connectivity index (χ2n) is 9.15. The number of hydrogen-bond acceptors (Lipinski definition) is 8. The lowest BCUT2D eigenvalue weighted by atomic mass is 9.88. The molecule has 3 heterocycles. The molecule has 198 valence electrons. The van der Waals surface area contributed by atoms with Gasteiger partial charge >= 0.3 is 0 Å². The molecule has 1 amide bonds. The predicted octanol–water partition coefficient (Wildman–Crippen LogP) is 2.67. The fourth-order valence-electron chi connectivity index (χ4n) is 4.37. The number of nitrogens with one attached hydrogen (secondary N) is 1. The van der Waals surface area contributed by atoms with E-state index in [1.54, 1.807) is 19.2 Å². The van der Waals surface area contributed by atoms with Crippen molar-refractivity contribution >= 4 is 15.9 Å². The number of nitrogens with zero attached hydrogens (tertiary/aromatic N) is 3. The van der Waals surface area contributed by atoms with Crippen LogP contribution >= 0.6 is 0 Å². The molecular weight excluding hydrogens is 503 g/mol. The molecule has 1 aliphatic heterocycles. The quantitative estimate of drug-likeness (QED) is 0.447. The Morgan fingerprint density at radius 1 is 1.24 bits per heavy atom. The van der Waals surface area contributed by atoms with Gasteiger partial charge in [0.1, 0.15) is 5.82 Å². The molecule has 37 heavy (non-hydrogen) atoms. The van der Waals surface area contributed by atoms with Crippen LogP contribution in [0.1, 0.15) is 36.6 Å². The normalized spacial score (nSPS) is 14.9. The molecule has 2 aromatic heterocycles. The summed E-state index contributed by atoms with van der Waals surface area (Å²) in [6, 6.07) is 7.34. The Hall–Kier alpha value is -3.35. The zero-order valence-corrected chi connectivity index (χ0v) is 22.1. The largest absolute Gasteiger partial charge is 0.481 e. The van der Waals surface area contributed by atoms with Crippen LogP contribution in [0.2, 0.25) is 0 Å². The number of benzene rings is 1. The third-order valence-electron chi connectivity index (χ3n) is 6.37. The molecule has 0 saturated carbocycles. The van der Waals surface area contributed by atoms with Crippen LogP contribution in [0.4, 0.5) is 4.39 Å². The Kier molecular flexibility index (Phi) is 7.36. The molecule has 0 bridgehead atoms. The summed E-state index contributed by atoms with van der Waals surface area (Å²) in [7, 11) is 0.275. The Balaban J connectivity index is 1.66. The second-order valence-corrected chi connectivity index (χ2v) is 10.8. The van der Waals surface area contributed by atoms with Crippen molar-refractivity contribution < 1.29 is 31.8 Å². The molecule has 0 unspecified atom stereocenters. The average molecular weight is 533 g/mol. The molecule has 10 nitrogen and oxygen atoms in total. The summed E-state index contributed by atoms with van der Waals surface area (Å²) >= 11 is 0. The highest BCUT2D eigenvalue weighted by molar-refractivity contribution is 7.90. The van der Waals surface area contributed by atoms with E-state index in [0.29, 0.717) is 33.8 Å². The Morgan fingerprint density at radius 2 is 1.97 bits per heavy atom. The number of methoxy groups -OCH3 is 2. The number of aromatic nitrogens is 3. The van der Waals surface area contributed by atoms with Crippen LogP contribution in [0.5, 0.6) is 5.88 Å². The lowest BCUT2D eigenvalue weighted by Gasteiger charge is -2.39. The van der Waals surface area contributed by atoms with Crippen molar-refractivity contribution in [3.63, 3.8) is 0 Å². The molecule has 0 aliphatic carbocycles. The number of sulfonamides is 1. The van der Waals surface area contributed by atoms with Crippen molar-refractivity contribution in [1.82, 2.24) is 19.5 Å². The summed E-state index contributed by atoms with van der Waals surface area (Å²) in [5.41, 5.74) is 1.85. The first-order valence-corrected chi connectivity index (χ1v) is 13.0. The van der Waals surface area contributed by atoms with E-state index in [4.69, 9.17) is 14.2 Å². The minimum Gasteiger partial charge on any atom is -0.481 e. The average Bonchev–Trinajstić information content (AvgIpc) is 3.22. The third kappa shape index (κ3) is 5.22. The van der Waals surface area contributed by atoms with Gasteiger partial charge in [0, 0.05) is 32.5 Å². The summed E-state index contributed by atoms with van der Waals surface area (Å²) in [4.78, 5) is 17.2. The van der Waals surface area contributed by atoms with Gasteiger partial charge in [-0.3, -0.25) is 9.48 Å². The van der Waals surface area contributed by atoms with Gasteiger partial charge in [0.05, 0.1) is 32.4 Å². The molecule has 1 fully saturated rings. The molecule has 1 aliphatic rings. The minimum atomic E-state index is -4.30. The number of halogens is 1. The first-order valence-electron chi connectivity index (χ1n) is 11.6. The van der Waals surface area contributed by atoms with Gasteiger partial charge in [-0.05, 0) is 46.4 Å². The molecule has 0 spiro atoms. The van der Waals surface area contributed by atoms with Gasteiger partial charge < -0.3 is 14.2 Å². The molecule has 4 rings (SSSR count). The predicted molar refractivity (Wildman–Crippen MR) is 132 cm³/mol. The molecule has 1 N–H and O–H groups in total. The summed E-state index contributed by atoms with van der Waals surface area (Å²) < 4.78 is 60.2. The van der Waals surface area contributed by atoms with Crippen LogP contribution in [0.25, 0.3) is 11.1 Å². The number of pyridine rings is 1. The fraction of sp³-hybridized carbons (Fsp3) is 0.400. The molecule has 1 saturated heterocycles. The molecule has 1 aromatic carbocycles. The first-order chi connectivity index (χ1) is 17.5. The van der Waals surface area contributed by atoms with Crippen LogP contribution in [0.15, 0.2) is 41.6 Å². The highest BCUT2D eigenvalue weighted by Crippen LogP contribution is 2.35. The highest BCUT2D eigenvalue weighted by atomic mass is 32.2. The van der Waals surface area contributed by atoms with E-state index in [1.807, 2.05) is 13.8 Å². The molecule has 3 aromatic rings. The SMILES string of the molecule is COc1cc(-c2cc(F)cc(C(C)C)c2CC(=O)NS(=O)(=O)c2cc(C3(OC)COC3)n(C)n2)ccn1. The maximum Gasteiger partial charge on any atom is 0.283 e. The second kappa shape index (κ2) is 10.2. The van der Waals surface area contributed by atoms with Crippen molar-refractivity contribution in [1.29, 1.82) is 0 Å². The topological polar surface area (TPSA) is 122 Å². The summed E-state index contributed by atoms with van der Waals surface area (Å²) in [6.45, 7) is 4.27. The van der Waals surface area contributed by atoms with Crippen LogP contribution in [0.3, 0.4) is 0 Å². The maximum atomic E-state index is 14.6. The first kappa shape index (κ1) is 26.7. The lowest BCUT2D eigenvalue weighted by Crippen LogP contribution is -2.49. The van der Waals surface area contributed by atoms with E-state index < -0.39 is 27.3 Å². The van der Waals surface area contributed by atoms with Crippen molar-refractivity contribution in [3.05, 3.63) is 59.2 Å². The minimum absolute atomic E-state index is 0.133. The molecular formula is C25H29FN4O6S. The van der Waals surface area contributed by atoms with Gasteiger partial charge in [-0.1, -0.05) is 13.8 Å². The summed E-state index contributed by atoms with van der Waals surface area (Å²) in [5.74, 6) is -1.07. The van der Waals surface area contributed by atoms with E-state index in [2.05, 4.69) is 14.8 Å². The van der Waals surface area contributed by atoms with Gasteiger partial charge in [0.15, 0.2) is 10.6 Å². The monoisotopic (exact) mass is 532 g/mol. The number of carbonyl (C=O) groups excluding carboxylic acids is 1. The molecule has 12 heteroatoms. The number of amides is 1. The Labute approximate surface area is 214 Å². The van der Waals surface area contributed by atoms with Crippen molar-refractivity contribution in [2.45, 2.75) is 36.8 Å².